The Morgan fingerprint density at radius 2 is 2.31 bits per heavy atom. The average molecular weight is 245 g/mol. The summed E-state index contributed by atoms with van der Waals surface area (Å²) in [7, 11) is 0. The van der Waals surface area contributed by atoms with E-state index in [4.69, 9.17) is 16.7 Å². The minimum absolute atomic E-state index is 0.0235. The fourth-order valence-corrected chi connectivity index (χ4v) is 1.35. The SMILES string of the molecule is C[C@H](CO)NCc1ccc(Cl)c([N+](=O)[O-])c1. The number of hydrogen-bond donors (Lipinski definition) is 2. The summed E-state index contributed by atoms with van der Waals surface area (Å²) >= 11 is 5.68. The van der Waals surface area contributed by atoms with Crippen molar-refractivity contribution >= 4 is 17.3 Å². The largest absolute Gasteiger partial charge is 0.395 e. The molecular formula is C10H13ClN2O3. The molecule has 1 aromatic rings. The van der Waals surface area contributed by atoms with E-state index in [1.807, 2.05) is 6.92 Å². The lowest BCUT2D eigenvalue weighted by molar-refractivity contribution is -0.384. The molecule has 0 aliphatic rings. The predicted octanol–water partition coefficient (Wildman–Crippen LogP) is 1.72. The highest BCUT2D eigenvalue weighted by Crippen LogP contribution is 2.24. The molecule has 2 N–H and O–H groups in total. The summed E-state index contributed by atoms with van der Waals surface area (Å²) in [5.41, 5.74) is 0.661. The van der Waals surface area contributed by atoms with E-state index in [0.717, 1.165) is 5.56 Å². The molecule has 16 heavy (non-hydrogen) atoms. The molecule has 88 valence electrons. The molecule has 0 spiro atoms. The summed E-state index contributed by atoms with van der Waals surface area (Å²) in [6.45, 7) is 2.31. The second-order valence-electron chi connectivity index (χ2n) is 3.51. The molecule has 0 fully saturated rings. The van der Waals surface area contributed by atoms with E-state index in [1.54, 1.807) is 6.07 Å². The zero-order valence-corrected chi connectivity index (χ0v) is 9.57. The van der Waals surface area contributed by atoms with Gasteiger partial charge in [-0.05, 0) is 18.6 Å². The maximum Gasteiger partial charge on any atom is 0.288 e. The van der Waals surface area contributed by atoms with Crippen LogP contribution in [0.25, 0.3) is 0 Å². The summed E-state index contributed by atoms with van der Waals surface area (Å²) in [5, 5.41) is 22.6. The fraction of sp³-hybridized carbons (Fsp3) is 0.400. The van der Waals surface area contributed by atoms with Crippen LogP contribution in [0.1, 0.15) is 12.5 Å². The highest BCUT2D eigenvalue weighted by atomic mass is 35.5. The van der Waals surface area contributed by atoms with Gasteiger partial charge in [-0.1, -0.05) is 17.7 Å². The van der Waals surface area contributed by atoms with E-state index in [2.05, 4.69) is 5.32 Å². The summed E-state index contributed by atoms with van der Waals surface area (Å²) in [6.07, 6.45) is 0. The van der Waals surface area contributed by atoms with Crippen LogP contribution in [0.2, 0.25) is 5.02 Å². The molecule has 1 atom stereocenters. The zero-order chi connectivity index (χ0) is 12.1. The third-order valence-electron chi connectivity index (χ3n) is 2.14. The van der Waals surface area contributed by atoms with Gasteiger partial charge in [-0.2, -0.15) is 0 Å². The van der Waals surface area contributed by atoms with E-state index >= 15 is 0 Å². The van der Waals surface area contributed by atoms with Crippen LogP contribution in [0.4, 0.5) is 5.69 Å². The average Bonchev–Trinajstić information content (AvgIpc) is 2.27. The van der Waals surface area contributed by atoms with Crippen molar-refractivity contribution in [3.63, 3.8) is 0 Å². The van der Waals surface area contributed by atoms with Crippen molar-refractivity contribution in [1.82, 2.24) is 5.32 Å². The highest BCUT2D eigenvalue weighted by Gasteiger charge is 2.12. The Hall–Kier alpha value is -1.17. The lowest BCUT2D eigenvalue weighted by Gasteiger charge is -2.10. The molecule has 1 aromatic carbocycles. The minimum Gasteiger partial charge on any atom is -0.395 e. The van der Waals surface area contributed by atoms with E-state index < -0.39 is 4.92 Å². The van der Waals surface area contributed by atoms with Crippen molar-refractivity contribution in [2.45, 2.75) is 19.5 Å². The monoisotopic (exact) mass is 244 g/mol. The minimum atomic E-state index is -0.513. The van der Waals surface area contributed by atoms with Crippen molar-refractivity contribution < 1.29 is 10.0 Å². The van der Waals surface area contributed by atoms with Crippen LogP contribution < -0.4 is 5.32 Å². The topological polar surface area (TPSA) is 75.4 Å². The normalized spacial score (nSPS) is 12.4. The van der Waals surface area contributed by atoms with Gasteiger partial charge in [0.25, 0.3) is 5.69 Å². The second kappa shape index (κ2) is 5.79. The molecule has 5 nitrogen and oxygen atoms in total. The van der Waals surface area contributed by atoms with Gasteiger partial charge in [0.2, 0.25) is 0 Å². The van der Waals surface area contributed by atoms with Crippen LogP contribution in [0.15, 0.2) is 18.2 Å². The number of benzene rings is 1. The van der Waals surface area contributed by atoms with Gasteiger partial charge in [0.15, 0.2) is 0 Å². The molecule has 0 bridgehead atoms. The van der Waals surface area contributed by atoms with Gasteiger partial charge in [0.05, 0.1) is 11.5 Å². The van der Waals surface area contributed by atoms with Crippen molar-refractivity contribution in [3.05, 3.63) is 38.9 Å². The van der Waals surface area contributed by atoms with Gasteiger partial charge in [-0.3, -0.25) is 10.1 Å². The Bertz CT molecular complexity index is 384. The maximum atomic E-state index is 10.6. The Morgan fingerprint density at radius 3 is 2.88 bits per heavy atom. The smallest absolute Gasteiger partial charge is 0.288 e. The Balaban J connectivity index is 2.75. The molecule has 0 aromatic heterocycles. The fourth-order valence-electron chi connectivity index (χ4n) is 1.16. The number of nitrogens with one attached hydrogen (secondary N) is 1. The second-order valence-corrected chi connectivity index (χ2v) is 3.91. The number of aliphatic hydroxyl groups is 1. The molecule has 0 aliphatic heterocycles. The van der Waals surface area contributed by atoms with Gasteiger partial charge in [0.1, 0.15) is 5.02 Å². The van der Waals surface area contributed by atoms with Gasteiger partial charge in [0, 0.05) is 18.7 Å². The maximum absolute atomic E-state index is 10.6. The van der Waals surface area contributed by atoms with E-state index in [0.29, 0.717) is 6.54 Å². The molecule has 0 amide bonds. The summed E-state index contributed by atoms with van der Waals surface area (Å²) < 4.78 is 0. The third-order valence-corrected chi connectivity index (χ3v) is 2.46. The molecule has 0 radical (unpaired) electrons. The number of nitro benzene ring substituents is 1. The molecule has 0 unspecified atom stereocenters. The first kappa shape index (κ1) is 12.9. The van der Waals surface area contributed by atoms with Crippen LogP contribution in [0.5, 0.6) is 0 Å². The van der Waals surface area contributed by atoms with Gasteiger partial charge in [-0.15, -0.1) is 0 Å². The number of nitro groups is 1. The van der Waals surface area contributed by atoms with Crippen LogP contribution in [0, 0.1) is 10.1 Å². The number of nitrogens with zero attached hydrogens (tertiary/aromatic N) is 1. The van der Waals surface area contributed by atoms with E-state index in [-0.39, 0.29) is 23.4 Å². The molecule has 0 saturated carbocycles. The molecular weight excluding hydrogens is 232 g/mol. The first-order valence-corrected chi connectivity index (χ1v) is 5.19. The Morgan fingerprint density at radius 1 is 1.62 bits per heavy atom. The summed E-state index contributed by atoms with van der Waals surface area (Å²) in [5.74, 6) is 0. The Kier molecular flexibility index (Phi) is 4.67. The Labute approximate surface area is 98.2 Å². The number of rotatable bonds is 5. The van der Waals surface area contributed by atoms with Crippen LogP contribution in [0.3, 0.4) is 0 Å². The molecule has 0 heterocycles. The van der Waals surface area contributed by atoms with Crippen molar-refractivity contribution in [1.29, 1.82) is 0 Å². The summed E-state index contributed by atoms with van der Waals surface area (Å²) in [6, 6.07) is 4.60. The molecule has 6 heteroatoms. The lowest BCUT2D eigenvalue weighted by atomic mass is 10.2. The van der Waals surface area contributed by atoms with Gasteiger partial charge >= 0.3 is 0 Å². The zero-order valence-electron chi connectivity index (χ0n) is 8.81. The van der Waals surface area contributed by atoms with Crippen molar-refractivity contribution in [3.8, 4) is 0 Å². The summed E-state index contributed by atoms with van der Waals surface area (Å²) in [4.78, 5) is 10.1. The van der Waals surface area contributed by atoms with E-state index in [1.165, 1.54) is 12.1 Å². The van der Waals surface area contributed by atoms with Gasteiger partial charge < -0.3 is 10.4 Å². The van der Waals surface area contributed by atoms with Crippen molar-refractivity contribution in [2.24, 2.45) is 0 Å². The number of aliphatic hydroxyl groups excluding tert-OH is 1. The van der Waals surface area contributed by atoms with Crippen LogP contribution in [-0.2, 0) is 6.54 Å². The van der Waals surface area contributed by atoms with Crippen molar-refractivity contribution in [2.75, 3.05) is 6.61 Å². The molecule has 0 aliphatic carbocycles. The van der Waals surface area contributed by atoms with E-state index in [9.17, 15) is 10.1 Å². The number of halogens is 1. The molecule has 0 saturated heterocycles. The predicted molar refractivity (Wildman–Crippen MR) is 61.5 cm³/mol. The third kappa shape index (κ3) is 3.44. The standard InChI is InChI=1S/C10H13ClN2O3/c1-7(6-14)12-5-8-2-3-9(11)10(4-8)13(15)16/h2-4,7,12,14H,5-6H2,1H3/t7-/m1/s1. The first-order valence-electron chi connectivity index (χ1n) is 4.81. The van der Waals surface area contributed by atoms with Crippen LogP contribution in [-0.4, -0.2) is 22.7 Å². The van der Waals surface area contributed by atoms with Crippen LogP contribution >= 0.6 is 11.6 Å². The number of hydrogen-bond acceptors (Lipinski definition) is 4. The molecule has 1 rings (SSSR count). The lowest BCUT2D eigenvalue weighted by Crippen LogP contribution is -2.28. The highest BCUT2D eigenvalue weighted by molar-refractivity contribution is 6.32. The first-order chi connectivity index (χ1) is 7.54. The quantitative estimate of drug-likeness (QED) is 0.611. The van der Waals surface area contributed by atoms with Gasteiger partial charge in [-0.25, -0.2) is 0 Å².